The molecule has 2 N–H and O–H groups in total. The fourth-order valence-electron chi connectivity index (χ4n) is 1.40. The summed E-state index contributed by atoms with van der Waals surface area (Å²) in [6.45, 7) is 5.65. The smallest absolute Gasteiger partial charge is 0.163 e. The highest BCUT2D eigenvalue weighted by Crippen LogP contribution is 2.31. The average Bonchev–Trinajstić information content (AvgIpc) is 2.05. The van der Waals surface area contributed by atoms with Crippen LogP contribution in [0.3, 0.4) is 0 Å². The minimum atomic E-state index is -1.73. The predicted molar refractivity (Wildman–Crippen MR) is 57.7 cm³/mol. The number of rotatable bonds is 2. The Morgan fingerprint density at radius 1 is 1.06 bits per heavy atom. The molecule has 0 aromatic heterocycles. The van der Waals surface area contributed by atoms with E-state index >= 15 is 0 Å². The van der Waals surface area contributed by atoms with Gasteiger partial charge in [0.05, 0.1) is 0 Å². The van der Waals surface area contributed by atoms with E-state index in [1.54, 1.807) is 13.8 Å². The van der Waals surface area contributed by atoms with Gasteiger partial charge in [0, 0.05) is 11.1 Å². The summed E-state index contributed by atoms with van der Waals surface area (Å²) in [6.07, 6.45) is 0. The van der Waals surface area contributed by atoms with Crippen LogP contribution in [0, 0.1) is 11.6 Å². The topological polar surface area (TPSA) is 26.0 Å². The van der Waals surface area contributed by atoms with Crippen LogP contribution in [-0.4, -0.2) is 0 Å². The molecule has 0 bridgehead atoms. The van der Waals surface area contributed by atoms with Gasteiger partial charge in [-0.05, 0) is 45.4 Å². The van der Waals surface area contributed by atoms with Crippen LogP contribution in [0.1, 0.15) is 38.8 Å². The van der Waals surface area contributed by atoms with Crippen molar-refractivity contribution < 1.29 is 13.2 Å². The molecule has 0 aliphatic heterocycles. The highest BCUT2D eigenvalue weighted by molar-refractivity contribution is 5.33. The van der Waals surface area contributed by atoms with Gasteiger partial charge in [-0.3, -0.25) is 0 Å². The van der Waals surface area contributed by atoms with Crippen LogP contribution in [-0.2, 0) is 11.2 Å². The highest BCUT2D eigenvalue weighted by Gasteiger charge is 2.27. The average molecular weight is 231 g/mol. The number of hydrogen-bond donors (Lipinski definition) is 1. The molecule has 0 fully saturated rings. The van der Waals surface area contributed by atoms with Crippen LogP contribution >= 0.6 is 0 Å². The van der Waals surface area contributed by atoms with E-state index in [9.17, 15) is 13.2 Å². The van der Waals surface area contributed by atoms with E-state index in [0.717, 1.165) is 6.07 Å². The normalized spacial score (nSPS) is 13.0. The van der Waals surface area contributed by atoms with E-state index in [1.807, 2.05) is 0 Å². The maximum Gasteiger partial charge on any atom is 0.163 e. The van der Waals surface area contributed by atoms with Crippen molar-refractivity contribution in [3.8, 4) is 0 Å². The second-order valence-electron chi connectivity index (χ2n) is 5.01. The molecule has 0 aliphatic carbocycles. The Morgan fingerprint density at radius 2 is 1.56 bits per heavy atom. The number of benzene rings is 1. The van der Waals surface area contributed by atoms with Crippen molar-refractivity contribution in [1.82, 2.24) is 0 Å². The Bertz CT molecular complexity index is 400. The molecule has 0 radical (unpaired) electrons. The zero-order valence-corrected chi connectivity index (χ0v) is 9.87. The lowest BCUT2D eigenvalue weighted by molar-refractivity contribution is 0.219. The molecule has 16 heavy (non-hydrogen) atoms. The van der Waals surface area contributed by atoms with Gasteiger partial charge in [0.2, 0.25) is 0 Å². The Balaban J connectivity index is 3.46. The molecule has 1 aromatic rings. The zero-order valence-electron chi connectivity index (χ0n) is 9.87. The van der Waals surface area contributed by atoms with Crippen LogP contribution in [0.15, 0.2) is 12.1 Å². The van der Waals surface area contributed by atoms with Crippen molar-refractivity contribution in [2.45, 2.75) is 38.9 Å². The number of hydrogen-bond acceptors (Lipinski definition) is 1. The fraction of sp³-hybridized carbons (Fsp3) is 0.500. The molecule has 0 atom stereocenters. The lowest BCUT2D eigenvalue weighted by Gasteiger charge is -2.23. The van der Waals surface area contributed by atoms with Crippen LogP contribution in [0.4, 0.5) is 13.2 Å². The minimum absolute atomic E-state index is 0.0202. The summed E-state index contributed by atoms with van der Waals surface area (Å²) >= 11 is 0. The second kappa shape index (κ2) is 3.77. The summed E-state index contributed by atoms with van der Waals surface area (Å²) in [5.74, 6) is -2.09. The van der Waals surface area contributed by atoms with E-state index in [4.69, 9.17) is 5.73 Å². The Labute approximate surface area is 93.5 Å². The quantitative estimate of drug-likeness (QED) is 0.829. The molecule has 1 rings (SSSR count). The van der Waals surface area contributed by atoms with Crippen LogP contribution in [0.25, 0.3) is 0 Å². The third-order valence-corrected chi connectivity index (χ3v) is 2.41. The molecule has 0 amide bonds. The molecule has 0 aliphatic rings. The van der Waals surface area contributed by atoms with E-state index in [2.05, 4.69) is 0 Å². The lowest BCUT2D eigenvalue weighted by atomic mass is 9.89. The van der Waals surface area contributed by atoms with E-state index in [-0.39, 0.29) is 11.1 Å². The van der Waals surface area contributed by atoms with Crippen molar-refractivity contribution >= 4 is 0 Å². The predicted octanol–water partition coefficient (Wildman–Crippen LogP) is 3.36. The van der Waals surface area contributed by atoms with Crippen LogP contribution in [0.5, 0.6) is 0 Å². The molecule has 1 nitrogen and oxygen atoms in total. The first-order valence-corrected chi connectivity index (χ1v) is 5.01. The summed E-state index contributed by atoms with van der Waals surface area (Å²) in [7, 11) is 0. The fourth-order valence-corrected chi connectivity index (χ4v) is 1.40. The molecule has 1 aromatic carbocycles. The van der Waals surface area contributed by atoms with Gasteiger partial charge in [0.25, 0.3) is 0 Å². The number of nitrogens with two attached hydrogens (primary N) is 1. The van der Waals surface area contributed by atoms with Gasteiger partial charge in [0.15, 0.2) is 11.6 Å². The molecule has 0 heterocycles. The van der Waals surface area contributed by atoms with Gasteiger partial charge in [-0.1, -0.05) is 0 Å². The van der Waals surface area contributed by atoms with Crippen LogP contribution < -0.4 is 5.73 Å². The molecular formula is C12H16F3N. The summed E-state index contributed by atoms with van der Waals surface area (Å²) < 4.78 is 40.5. The largest absolute Gasteiger partial charge is 0.322 e. The minimum Gasteiger partial charge on any atom is -0.322 e. The first-order chi connectivity index (χ1) is 7.03. The van der Waals surface area contributed by atoms with E-state index in [0.29, 0.717) is 0 Å². The Kier molecular flexibility index (Phi) is 3.07. The first kappa shape index (κ1) is 13.0. The van der Waals surface area contributed by atoms with Gasteiger partial charge in [-0.15, -0.1) is 0 Å². The van der Waals surface area contributed by atoms with Gasteiger partial charge < -0.3 is 5.73 Å². The van der Waals surface area contributed by atoms with E-state index < -0.39 is 22.8 Å². The van der Waals surface area contributed by atoms with Crippen molar-refractivity contribution in [3.05, 3.63) is 34.9 Å². The third-order valence-electron chi connectivity index (χ3n) is 2.41. The van der Waals surface area contributed by atoms with Crippen molar-refractivity contribution in [3.63, 3.8) is 0 Å². The summed E-state index contributed by atoms with van der Waals surface area (Å²) in [6, 6.07) is 2.14. The van der Waals surface area contributed by atoms with Crippen molar-refractivity contribution in [2.75, 3.05) is 0 Å². The molecule has 0 spiro atoms. The third kappa shape index (κ3) is 2.55. The monoisotopic (exact) mass is 231 g/mol. The highest BCUT2D eigenvalue weighted by atomic mass is 19.2. The molecular weight excluding hydrogens is 215 g/mol. The standard InChI is InChI=1S/C12H16F3N/c1-11(2,15)7-5-8(12(3,4)16)10(14)9(13)6-7/h5-6H,16H2,1-4H3. The molecule has 0 saturated carbocycles. The Hall–Kier alpha value is -1.03. The summed E-state index contributed by atoms with van der Waals surface area (Å²) in [4.78, 5) is 0. The maximum absolute atomic E-state index is 13.7. The van der Waals surface area contributed by atoms with Crippen LogP contribution in [0.2, 0.25) is 0 Å². The van der Waals surface area contributed by atoms with Gasteiger partial charge in [0.1, 0.15) is 5.67 Å². The number of halogens is 3. The van der Waals surface area contributed by atoms with Crippen molar-refractivity contribution in [2.24, 2.45) is 5.73 Å². The summed E-state index contributed by atoms with van der Waals surface area (Å²) in [5, 5.41) is 0. The second-order valence-corrected chi connectivity index (χ2v) is 5.01. The summed E-state index contributed by atoms with van der Waals surface area (Å²) in [5.41, 5.74) is 3.00. The lowest BCUT2D eigenvalue weighted by Crippen LogP contribution is -2.31. The van der Waals surface area contributed by atoms with Gasteiger partial charge >= 0.3 is 0 Å². The SMILES string of the molecule is CC(C)(N)c1cc(C(C)(C)F)cc(F)c1F. The first-order valence-electron chi connectivity index (χ1n) is 5.01. The Morgan fingerprint density at radius 3 is 1.94 bits per heavy atom. The molecule has 90 valence electrons. The molecule has 0 saturated heterocycles. The van der Waals surface area contributed by atoms with Crippen molar-refractivity contribution in [1.29, 1.82) is 0 Å². The number of alkyl halides is 1. The molecule has 0 unspecified atom stereocenters. The zero-order chi connectivity index (χ0) is 12.7. The molecule has 4 heteroatoms. The van der Waals surface area contributed by atoms with Gasteiger partial charge in [-0.2, -0.15) is 0 Å². The van der Waals surface area contributed by atoms with Gasteiger partial charge in [-0.25, -0.2) is 13.2 Å². The maximum atomic E-state index is 13.7. The van der Waals surface area contributed by atoms with E-state index in [1.165, 1.54) is 19.9 Å².